The van der Waals surface area contributed by atoms with Crippen molar-refractivity contribution in [2.45, 2.75) is 6.04 Å². The van der Waals surface area contributed by atoms with Gasteiger partial charge in [0.05, 0.1) is 0 Å². The van der Waals surface area contributed by atoms with Gasteiger partial charge in [-0.05, 0) is 0 Å². The number of nitrogens with two attached hydrogens (primary N) is 2. The van der Waals surface area contributed by atoms with Gasteiger partial charge in [0.1, 0.15) is 6.04 Å². The summed E-state index contributed by atoms with van der Waals surface area (Å²) < 4.78 is 10.4. The van der Waals surface area contributed by atoms with Crippen LogP contribution in [0.15, 0.2) is 0 Å². The van der Waals surface area contributed by atoms with Crippen molar-refractivity contribution in [3.8, 4) is 0 Å². The monoisotopic (exact) mass is 200 g/mol. The van der Waals surface area contributed by atoms with Crippen molar-refractivity contribution in [1.29, 1.82) is 0 Å². The summed E-state index contributed by atoms with van der Waals surface area (Å²) in [6.07, 6.45) is 0. The van der Waals surface area contributed by atoms with Gasteiger partial charge in [-0.25, -0.2) is 0 Å². The third-order valence-corrected chi connectivity index (χ3v) is 3.19. The summed E-state index contributed by atoms with van der Waals surface area (Å²) in [5.74, 6) is -1.38. The molecule has 0 saturated heterocycles. The van der Waals surface area contributed by atoms with E-state index in [2.05, 4.69) is 0 Å². The summed E-state index contributed by atoms with van der Waals surface area (Å²) in [4.78, 5) is 18.6. The van der Waals surface area contributed by atoms with Crippen LogP contribution < -0.4 is 11.2 Å². The van der Waals surface area contributed by atoms with E-state index in [1.54, 1.807) is 0 Å². The fourth-order valence-electron chi connectivity index (χ4n) is 0.258. The van der Waals surface area contributed by atoms with Gasteiger partial charge in [0.2, 0.25) is 0 Å². The molecule has 6 N–H and O–H groups in total. The quantitative estimate of drug-likeness (QED) is 0.437. The molecule has 0 bridgehead atoms. The van der Waals surface area contributed by atoms with E-state index in [0.717, 1.165) is 0 Å². The summed E-state index contributed by atoms with van der Waals surface area (Å²) in [5.41, 5.74) is 9.72. The second-order valence-electron chi connectivity index (χ2n) is 1.80. The fourth-order valence-corrected chi connectivity index (χ4v) is 1.90. The van der Waals surface area contributed by atoms with Crippen LogP contribution >= 0.6 is 18.1 Å². The number of carbonyl (C=O) groups is 1. The topological polar surface area (TPSA) is 127 Å². The zero-order valence-corrected chi connectivity index (χ0v) is 7.22. The Bertz CT molecular complexity index is 192. The lowest BCUT2D eigenvalue weighted by Gasteiger charge is -2.06. The minimum Gasteiger partial charge on any atom is -0.480 e. The maximum Gasteiger partial charge on any atom is 0.321 e. The van der Waals surface area contributed by atoms with Crippen molar-refractivity contribution in [1.82, 2.24) is 0 Å². The van der Waals surface area contributed by atoms with Gasteiger partial charge < -0.3 is 15.7 Å². The molecule has 8 heteroatoms. The lowest BCUT2D eigenvalue weighted by atomic mass is 10.4. The lowest BCUT2D eigenvalue weighted by Crippen LogP contribution is -2.32. The highest BCUT2D eigenvalue weighted by molar-refractivity contribution is 8.55. The molecule has 2 unspecified atom stereocenters. The zero-order valence-electron chi connectivity index (χ0n) is 5.51. The minimum atomic E-state index is -3.69. The van der Waals surface area contributed by atoms with Crippen LogP contribution in [0.4, 0.5) is 0 Å². The van der Waals surface area contributed by atoms with E-state index in [1.165, 1.54) is 0 Å². The van der Waals surface area contributed by atoms with Gasteiger partial charge >= 0.3 is 12.7 Å². The van der Waals surface area contributed by atoms with Gasteiger partial charge in [0.15, 0.2) is 0 Å². The van der Waals surface area contributed by atoms with Crippen LogP contribution in [-0.4, -0.2) is 27.8 Å². The molecule has 11 heavy (non-hydrogen) atoms. The number of carboxylic acid groups (broad SMARTS) is 1. The largest absolute Gasteiger partial charge is 0.480 e. The zero-order chi connectivity index (χ0) is 9.07. The first-order valence-electron chi connectivity index (χ1n) is 2.57. The first kappa shape index (κ1) is 10.9. The number of carboxylic acids is 1. The Kier molecular flexibility index (Phi) is 4.05. The molecule has 0 fully saturated rings. The van der Waals surface area contributed by atoms with Crippen molar-refractivity contribution in [3.63, 3.8) is 0 Å². The van der Waals surface area contributed by atoms with Crippen molar-refractivity contribution in [2.24, 2.45) is 11.2 Å². The predicted molar refractivity (Wildman–Crippen MR) is 42.1 cm³/mol. The van der Waals surface area contributed by atoms with Crippen molar-refractivity contribution < 1.29 is 19.4 Å². The van der Waals surface area contributed by atoms with Gasteiger partial charge in [0, 0.05) is 5.75 Å². The summed E-state index contributed by atoms with van der Waals surface area (Å²) >= 11 is 0.453. The molecule has 0 rings (SSSR count). The van der Waals surface area contributed by atoms with Gasteiger partial charge in [-0.3, -0.25) is 14.9 Å². The lowest BCUT2D eigenvalue weighted by molar-refractivity contribution is -0.137. The number of hydrogen-bond acceptors (Lipinski definition) is 4. The second kappa shape index (κ2) is 4.08. The molecule has 66 valence electrons. The summed E-state index contributed by atoms with van der Waals surface area (Å²) in [6, 6.07) is -1.15. The molecular weight excluding hydrogens is 191 g/mol. The SMILES string of the molecule is NC(CSP(N)(=O)O)C(=O)O. The molecule has 0 amide bonds. The Morgan fingerprint density at radius 2 is 2.18 bits per heavy atom. The van der Waals surface area contributed by atoms with Crippen LogP contribution in [0.2, 0.25) is 0 Å². The molecule has 0 aromatic heterocycles. The van der Waals surface area contributed by atoms with E-state index in [9.17, 15) is 9.36 Å². The van der Waals surface area contributed by atoms with E-state index in [4.69, 9.17) is 21.2 Å². The average molecular weight is 200 g/mol. The maximum atomic E-state index is 10.4. The highest BCUT2D eigenvalue weighted by atomic mass is 32.7. The number of rotatable bonds is 4. The van der Waals surface area contributed by atoms with Crippen molar-refractivity contribution in [3.05, 3.63) is 0 Å². The molecule has 0 aliphatic carbocycles. The Labute approximate surface area is 67.2 Å². The van der Waals surface area contributed by atoms with E-state index >= 15 is 0 Å². The van der Waals surface area contributed by atoms with Crippen LogP contribution in [0.1, 0.15) is 0 Å². The first-order valence-corrected chi connectivity index (χ1v) is 5.89. The molecule has 0 heterocycles. The van der Waals surface area contributed by atoms with Crippen molar-refractivity contribution >= 4 is 24.1 Å². The highest BCUT2D eigenvalue weighted by Gasteiger charge is 2.18. The number of aliphatic carboxylic acids is 1. The molecule has 0 aliphatic rings. The molecule has 0 aromatic carbocycles. The van der Waals surface area contributed by atoms with Crippen LogP contribution in [0.3, 0.4) is 0 Å². The molecular formula is C3H9N2O4PS. The summed E-state index contributed by atoms with van der Waals surface area (Å²) in [6.45, 7) is -3.69. The smallest absolute Gasteiger partial charge is 0.321 e. The molecule has 0 spiro atoms. The maximum absolute atomic E-state index is 10.4. The third-order valence-electron chi connectivity index (χ3n) is 0.756. The molecule has 0 aromatic rings. The number of hydrogen-bond donors (Lipinski definition) is 4. The van der Waals surface area contributed by atoms with E-state index < -0.39 is 18.7 Å². The molecule has 0 aliphatic heterocycles. The highest BCUT2D eigenvalue weighted by Crippen LogP contribution is 2.46. The summed E-state index contributed by atoms with van der Waals surface area (Å²) in [5, 5.41) is 8.23. The van der Waals surface area contributed by atoms with Crippen LogP contribution in [0.25, 0.3) is 0 Å². The third kappa shape index (κ3) is 6.33. The molecule has 0 radical (unpaired) electrons. The minimum absolute atomic E-state index is 0.167. The average Bonchev–Trinajstić information content (AvgIpc) is 1.80. The van der Waals surface area contributed by atoms with Crippen LogP contribution in [0, 0.1) is 0 Å². The van der Waals surface area contributed by atoms with E-state index in [0.29, 0.717) is 11.4 Å². The Morgan fingerprint density at radius 1 is 1.73 bits per heavy atom. The standard InChI is InChI=1S/C3H9N2O4PS/c4-2(3(6)7)1-11-10(5,8)9/h2H,1,4H2,(H,6,7)(H3,5,8,9). The first-order chi connectivity index (χ1) is 4.83. The Balaban J connectivity index is 3.72. The van der Waals surface area contributed by atoms with Crippen molar-refractivity contribution in [2.75, 3.05) is 5.75 Å². The van der Waals surface area contributed by atoms with Gasteiger partial charge in [-0.15, -0.1) is 0 Å². The van der Waals surface area contributed by atoms with Gasteiger partial charge in [-0.1, -0.05) is 11.4 Å². The Hall–Kier alpha value is -0.0700. The second-order valence-corrected chi connectivity index (χ2v) is 5.87. The molecule has 2 atom stereocenters. The van der Waals surface area contributed by atoms with Crippen LogP contribution in [0.5, 0.6) is 0 Å². The Morgan fingerprint density at radius 3 is 2.45 bits per heavy atom. The molecule has 6 nitrogen and oxygen atoms in total. The molecule has 0 saturated carbocycles. The van der Waals surface area contributed by atoms with E-state index in [1.807, 2.05) is 0 Å². The summed E-state index contributed by atoms with van der Waals surface area (Å²) in [7, 11) is 0. The van der Waals surface area contributed by atoms with E-state index in [-0.39, 0.29) is 5.75 Å². The van der Waals surface area contributed by atoms with Gasteiger partial charge in [-0.2, -0.15) is 0 Å². The predicted octanol–water partition coefficient (Wildman–Crippen LogP) is -0.809. The fraction of sp³-hybridized carbons (Fsp3) is 0.667. The van der Waals surface area contributed by atoms with Crippen LogP contribution in [-0.2, 0) is 9.36 Å². The van der Waals surface area contributed by atoms with Gasteiger partial charge in [0.25, 0.3) is 0 Å². The normalized spacial score (nSPS) is 18.8.